The summed E-state index contributed by atoms with van der Waals surface area (Å²) in [5.74, 6) is 8.32. The van der Waals surface area contributed by atoms with E-state index in [0.717, 1.165) is 29.4 Å². The van der Waals surface area contributed by atoms with Gasteiger partial charge in [-0.3, -0.25) is 0 Å². The Balaban J connectivity index is 1.61. The molecule has 1 aliphatic rings. The summed E-state index contributed by atoms with van der Waals surface area (Å²) in [6.07, 6.45) is 9.20. The summed E-state index contributed by atoms with van der Waals surface area (Å²) >= 11 is 0. The fourth-order valence-corrected chi connectivity index (χ4v) is 3.93. The second-order valence-electron chi connectivity index (χ2n) is 7.44. The van der Waals surface area contributed by atoms with Crippen LogP contribution in [0.3, 0.4) is 0 Å². The highest BCUT2D eigenvalue weighted by Gasteiger charge is 2.20. The maximum Gasteiger partial charge on any atom is 0.0249 e. The molecule has 3 rings (SSSR count). The maximum atomic E-state index is 3.31. The average molecular weight is 331 g/mol. The van der Waals surface area contributed by atoms with Gasteiger partial charge in [0.2, 0.25) is 0 Å². The molecule has 1 saturated carbocycles. The molecule has 0 atom stereocenters. The van der Waals surface area contributed by atoms with E-state index >= 15 is 0 Å². The standard InChI is InChI=1S/C25H30/c1-3-5-21-6-8-22(9-7-21)10-11-23-14-18-25(19-15-23)24-16-12-20(4-2)13-17-24/h6-9,14-15,18-20,24H,3-5,12-13,16-17H2,1-2H3. The van der Waals surface area contributed by atoms with Crippen molar-refractivity contribution in [1.82, 2.24) is 0 Å². The third-order valence-electron chi connectivity index (χ3n) is 5.65. The lowest BCUT2D eigenvalue weighted by molar-refractivity contribution is 0.319. The third kappa shape index (κ3) is 4.99. The predicted octanol–water partition coefficient (Wildman–Crippen LogP) is 6.72. The van der Waals surface area contributed by atoms with E-state index in [2.05, 4.69) is 74.2 Å². The van der Waals surface area contributed by atoms with Crippen LogP contribution in [0.1, 0.15) is 80.5 Å². The smallest absolute Gasteiger partial charge is 0.0249 e. The number of aryl methyl sites for hydroxylation is 1. The summed E-state index contributed by atoms with van der Waals surface area (Å²) in [6, 6.07) is 17.7. The minimum absolute atomic E-state index is 0.760. The first-order chi connectivity index (χ1) is 12.3. The second kappa shape index (κ2) is 8.91. The first-order valence-corrected chi connectivity index (χ1v) is 9.99. The number of rotatable bonds is 4. The van der Waals surface area contributed by atoms with Crippen molar-refractivity contribution in [3.05, 3.63) is 70.8 Å². The Labute approximate surface area is 153 Å². The molecule has 0 N–H and O–H groups in total. The van der Waals surface area contributed by atoms with E-state index in [0.29, 0.717) is 0 Å². The highest BCUT2D eigenvalue weighted by Crippen LogP contribution is 2.36. The zero-order valence-electron chi connectivity index (χ0n) is 15.7. The normalized spacial score (nSPS) is 19.9. The summed E-state index contributed by atoms with van der Waals surface area (Å²) in [4.78, 5) is 0. The zero-order chi connectivity index (χ0) is 17.5. The largest absolute Gasteiger partial charge is 0.0651 e. The van der Waals surface area contributed by atoms with Gasteiger partial charge in [0.25, 0.3) is 0 Å². The van der Waals surface area contributed by atoms with E-state index in [1.165, 1.54) is 49.7 Å². The minimum atomic E-state index is 0.760. The van der Waals surface area contributed by atoms with Crippen LogP contribution >= 0.6 is 0 Å². The molecule has 2 aromatic carbocycles. The van der Waals surface area contributed by atoms with Crippen LogP contribution in [0, 0.1) is 17.8 Å². The third-order valence-corrected chi connectivity index (χ3v) is 5.65. The number of benzene rings is 2. The molecule has 2 aromatic rings. The van der Waals surface area contributed by atoms with Crippen LogP contribution < -0.4 is 0 Å². The summed E-state index contributed by atoms with van der Waals surface area (Å²) in [6.45, 7) is 4.54. The summed E-state index contributed by atoms with van der Waals surface area (Å²) in [5.41, 5.74) is 5.12. The molecule has 0 amide bonds. The minimum Gasteiger partial charge on any atom is -0.0651 e. The lowest BCUT2D eigenvalue weighted by atomic mass is 9.78. The second-order valence-corrected chi connectivity index (χ2v) is 7.44. The predicted molar refractivity (Wildman–Crippen MR) is 108 cm³/mol. The fourth-order valence-electron chi connectivity index (χ4n) is 3.93. The Bertz CT molecular complexity index is 701. The van der Waals surface area contributed by atoms with Gasteiger partial charge < -0.3 is 0 Å². The van der Waals surface area contributed by atoms with Crippen molar-refractivity contribution in [2.75, 3.05) is 0 Å². The van der Waals surface area contributed by atoms with Crippen molar-refractivity contribution in [2.45, 2.75) is 64.7 Å². The summed E-state index contributed by atoms with van der Waals surface area (Å²) in [5, 5.41) is 0. The zero-order valence-corrected chi connectivity index (χ0v) is 15.7. The highest BCUT2D eigenvalue weighted by molar-refractivity contribution is 5.44. The molecule has 0 unspecified atom stereocenters. The molecule has 25 heavy (non-hydrogen) atoms. The Morgan fingerprint density at radius 1 is 0.760 bits per heavy atom. The molecule has 1 aliphatic carbocycles. The van der Waals surface area contributed by atoms with Crippen LogP contribution in [0.2, 0.25) is 0 Å². The molecule has 0 aliphatic heterocycles. The van der Waals surface area contributed by atoms with Crippen molar-refractivity contribution in [2.24, 2.45) is 5.92 Å². The van der Waals surface area contributed by atoms with Gasteiger partial charge in [-0.25, -0.2) is 0 Å². The van der Waals surface area contributed by atoms with Gasteiger partial charge in [0.15, 0.2) is 0 Å². The van der Waals surface area contributed by atoms with Gasteiger partial charge in [0.1, 0.15) is 0 Å². The Hall–Kier alpha value is -2.00. The van der Waals surface area contributed by atoms with Crippen molar-refractivity contribution in [1.29, 1.82) is 0 Å². The molecular weight excluding hydrogens is 300 g/mol. The fraction of sp³-hybridized carbons (Fsp3) is 0.440. The van der Waals surface area contributed by atoms with E-state index in [4.69, 9.17) is 0 Å². The van der Waals surface area contributed by atoms with Crippen molar-refractivity contribution < 1.29 is 0 Å². The van der Waals surface area contributed by atoms with Crippen molar-refractivity contribution >= 4 is 0 Å². The van der Waals surface area contributed by atoms with Crippen LogP contribution in [0.25, 0.3) is 0 Å². The molecule has 0 spiro atoms. The molecule has 0 bridgehead atoms. The van der Waals surface area contributed by atoms with Crippen LogP contribution in [-0.4, -0.2) is 0 Å². The van der Waals surface area contributed by atoms with Gasteiger partial charge in [-0.1, -0.05) is 62.8 Å². The van der Waals surface area contributed by atoms with Crippen LogP contribution in [-0.2, 0) is 6.42 Å². The molecule has 0 heterocycles. The van der Waals surface area contributed by atoms with Gasteiger partial charge in [0.05, 0.1) is 0 Å². The average Bonchev–Trinajstić information content (AvgIpc) is 2.68. The molecule has 0 nitrogen and oxygen atoms in total. The van der Waals surface area contributed by atoms with E-state index in [-0.39, 0.29) is 0 Å². The molecule has 0 heteroatoms. The SMILES string of the molecule is CCCc1ccc(C#Cc2ccc(C3CCC(CC)CC3)cc2)cc1. The quantitative estimate of drug-likeness (QED) is 0.546. The molecule has 130 valence electrons. The summed E-state index contributed by atoms with van der Waals surface area (Å²) in [7, 11) is 0. The topological polar surface area (TPSA) is 0 Å². The number of hydrogen-bond acceptors (Lipinski definition) is 0. The Kier molecular flexibility index (Phi) is 6.35. The van der Waals surface area contributed by atoms with Crippen molar-refractivity contribution in [3.8, 4) is 11.8 Å². The first kappa shape index (κ1) is 17.8. The van der Waals surface area contributed by atoms with E-state index in [1.807, 2.05) is 0 Å². The van der Waals surface area contributed by atoms with E-state index in [1.54, 1.807) is 0 Å². The van der Waals surface area contributed by atoms with Crippen molar-refractivity contribution in [3.63, 3.8) is 0 Å². The Morgan fingerprint density at radius 3 is 1.84 bits per heavy atom. The van der Waals surface area contributed by atoms with Crippen LogP contribution in [0.15, 0.2) is 48.5 Å². The van der Waals surface area contributed by atoms with Crippen LogP contribution in [0.5, 0.6) is 0 Å². The molecular formula is C25H30. The van der Waals surface area contributed by atoms with Crippen LogP contribution in [0.4, 0.5) is 0 Å². The maximum absolute atomic E-state index is 3.31. The lowest BCUT2D eigenvalue weighted by Crippen LogP contribution is -2.12. The first-order valence-electron chi connectivity index (χ1n) is 9.99. The Morgan fingerprint density at radius 2 is 1.32 bits per heavy atom. The van der Waals surface area contributed by atoms with Gasteiger partial charge in [0, 0.05) is 11.1 Å². The highest BCUT2D eigenvalue weighted by atomic mass is 14.3. The number of hydrogen-bond donors (Lipinski definition) is 0. The van der Waals surface area contributed by atoms with E-state index < -0.39 is 0 Å². The molecule has 0 aromatic heterocycles. The molecule has 0 radical (unpaired) electrons. The molecule has 0 saturated heterocycles. The van der Waals surface area contributed by atoms with Gasteiger partial charge in [-0.05, 0) is 79.3 Å². The molecule has 1 fully saturated rings. The van der Waals surface area contributed by atoms with E-state index in [9.17, 15) is 0 Å². The van der Waals surface area contributed by atoms with Gasteiger partial charge >= 0.3 is 0 Å². The summed E-state index contributed by atoms with van der Waals surface area (Å²) < 4.78 is 0. The van der Waals surface area contributed by atoms with Gasteiger partial charge in [-0.2, -0.15) is 0 Å². The van der Waals surface area contributed by atoms with Gasteiger partial charge in [-0.15, -0.1) is 0 Å². The monoisotopic (exact) mass is 330 g/mol. The lowest BCUT2D eigenvalue weighted by Gasteiger charge is -2.28.